The van der Waals surface area contributed by atoms with Crippen molar-refractivity contribution in [2.75, 3.05) is 6.54 Å². The minimum absolute atomic E-state index is 0.0941. The maximum atomic E-state index is 12.5. The smallest absolute Gasteiger partial charge is 0.305 e. The zero-order valence-electron chi connectivity index (χ0n) is 13.4. The second-order valence-electron chi connectivity index (χ2n) is 6.06. The summed E-state index contributed by atoms with van der Waals surface area (Å²) in [7, 11) is 0. The molecule has 1 aliphatic carbocycles. The number of amides is 1. The minimum Gasteiger partial charge on any atom is -0.481 e. The SMILES string of the molecule is O=C(O)CCNC(=O)c1cnn(C2CCCC2)c1-c1ccccc1. The summed E-state index contributed by atoms with van der Waals surface area (Å²) in [6, 6.07) is 10.1. The minimum atomic E-state index is -0.930. The molecule has 1 aromatic carbocycles. The number of hydrogen-bond donors (Lipinski definition) is 2. The molecule has 2 N–H and O–H groups in total. The number of aromatic nitrogens is 2. The lowest BCUT2D eigenvalue weighted by atomic mass is 10.1. The molecule has 0 atom stereocenters. The predicted molar refractivity (Wildman–Crippen MR) is 89.8 cm³/mol. The Kier molecular flexibility index (Phi) is 4.93. The van der Waals surface area contributed by atoms with E-state index in [4.69, 9.17) is 5.11 Å². The van der Waals surface area contributed by atoms with E-state index < -0.39 is 5.97 Å². The van der Waals surface area contributed by atoms with E-state index in [1.54, 1.807) is 6.20 Å². The average molecular weight is 327 g/mol. The van der Waals surface area contributed by atoms with Gasteiger partial charge in [0.2, 0.25) is 0 Å². The van der Waals surface area contributed by atoms with Crippen LogP contribution in [0.15, 0.2) is 36.5 Å². The fourth-order valence-corrected chi connectivity index (χ4v) is 3.22. The zero-order chi connectivity index (χ0) is 16.9. The van der Waals surface area contributed by atoms with Crippen LogP contribution in [0.5, 0.6) is 0 Å². The molecular weight excluding hydrogens is 306 g/mol. The molecule has 0 aliphatic heterocycles. The van der Waals surface area contributed by atoms with Gasteiger partial charge < -0.3 is 10.4 Å². The Balaban J connectivity index is 1.91. The van der Waals surface area contributed by atoms with Crippen LogP contribution < -0.4 is 5.32 Å². The molecular formula is C18H21N3O3. The lowest BCUT2D eigenvalue weighted by molar-refractivity contribution is -0.136. The molecule has 1 heterocycles. The molecule has 1 aromatic heterocycles. The van der Waals surface area contributed by atoms with Crippen LogP contribution in [0.4, 0.5) is 0 Å². The van der Waals surface area contributed by atoms with E-state index in [1.807, 2.05) is 35.0 Å². The highest BCUT2D eigenvalue weighted by Crippen LogP contribution is 2.34. The number of nitrogens with one attached hydrogen (secondary N) is 1. The topological polar surface area (TPSA) is 84.2 Å². The molecule has 0 saturated heterocycles. The molecule has 6 nitrogen and oxygen atoms in total. The van der Waals surface area contributed by atoms with Crippen LogP contribution in [0.2, 0.25) is 0 Å². The van der Waals surface area contributed by atoms with Crippen LogP contribution in [0.25, 0.3) is 11.3 Å². The molecule has 6 heteroatoms. The van der Waals surface area contributed by atoms with E-state index >= 15 is 0 Å². The number of nitrogens with zero attached hydrogens (tertiary/aromatic N) is 2. The first kappa shape index (κ1) is 16.2. The van der Waals surface area contributed by atoms with Crippen LogP contribution in [0.1, 0.15) is 48.5 Å². The molecule has 0 bridgehead atoms. The molecule has 1 saturated carbocycles. The second-order valence-corrected chi connectivity index (χ2v) is 6.06. The van der Waals surface area contributed by atoms with Gasteiger partial charge in [0, 0.05) is 12.1 Å². The lowest BCUT2D eigenvalue weighted by Crippen LogP contribution is -2.26. The molecule has 0 unspecified atom stereocenters. The molecule has 1 fully saturated rings. The Hall–Kier alpha value is -2.63. The van der Waals surface area contributed by atoms with E-state index in [0.717, 1.165) is 24.1 Å². The Labute approximate surface area is 140 Å². The Morgan fingerprint density at radius 1 is 1.21 bits per heavy atom. The van der Waals surface area contributed by atoms with Crippen LogP contribution in [0.3, 0.4) is 0 Å². The molecule has 2 aromatic rings. The number of carboxylic acid groups (broad SMARTS) is 1. The second kappa shape index (κ2) is 7.29. The van der Waals surface area contributed by atoms with Crippen molar-refractivity contribution in [3.8, 4) is 11.3 Å². The van der Waals surface area contributed by atoms with Gasteiger partial charge in [0.15, 0.2) is 0 Å². The third-order valence-electron chi connectivity index (χ3n) is 4.38. The van der Waals surface area contributed by atoms with Gasteiger partial charge in [0.25, 0.3) is 5.91 Å². The predicted octanol–water partition coefficient (Wildman–Crippen LogP) is 2.87. The van der Waals surface area contributed by atoms with Crippen molar-refractivity contribution in [1.82, 2.24) is 15.1 Å². The number of hydrogen-bond acceptors (Lipinski definition) is 3. The van der Waals surface area contributed by atoms with Crippen LogP contribution in [-0.4, -0.2) is 33.3 Å². The number of carboxylic acids is 1. The van der Waals surface area contributed by atoms with Crippen molar-refractivity contribution < 1.29 is 14.7 Å². The monoisotopic (exact) mass is 327 g/mol. The number of carbonyl (C=O) groups is 2. The van der Waals surface area contributed by atoms with E-state index in [-0.39, 0.29) is 18.9 Å². The molecule has 1 amide bonds. The van der Waals surface area contributed by atoms with Gasteiger partial charge in [-0.15, -0.1) is 0 Å². The van der Waals surface area contributed by atoms with Gasteiger partial charge in [-0.1, -0.05) is 43.2 Å². The first-order valence-corrected chi connectivity index (χ1v) is 8.29. The maximum Gasteiger partial charge on any atom is 0.305 e. The largest absolute Gasteiger partial charge is 0.481 e. The average Bonchev–Trinajstić information content (AvgIpc) is 3.24. The first-order chi connectivity index (χ1) is 11.7. The van der Waals surface area contributed by atoms with Crippen LogP contribution >= 0.6 is 0 Å². The molecule has 24 heavy (non-hydrogen) atoms. The standard InChI is InChI=1S/C18H21N3O3/c22-16(23)10-11-19-18(24)15-12-20-21(14-8-4-5-9-14)17(15)13-6-2-1-3-7-13/h1-3,6-7,12,14H,4-5,8-11H2,(H,19,24)(H,22,23). The summed E-state index contributed by atoms with van der Waals surface area (Å²) >= 11 is 0. The van der Waals surface area contributed by atoms with Crippen LogP contribution in [0, 0.1) is 0 Å². The number of carbonyl (C=O) groups excluding carboxylic acids is 1. The maximum absolute atomic E-state index is 12.5. The quantitative estimate of drug-likeness (QED) is 0.854. The number of rotatable bonds is 6. The van der Waals surface area contributed by atoms with E-state index in [2.05, 4.69) is 10.4 Å². The van der Waals surface area contributed by atoms with E-state index in [9.17, 15) is 9.59 Å². The van der Waals surface area contributed by atoms with Crippen molar-refractivity contribution >= 4 is 11.9 Å². The summed E-state index contributed by atoms with van der Waals surface area (Å²) in [4.78, 5) is 23.1. The zero-order valence-corrected chi connectivity index (χ0v) is 13.4. The Bertz CT molecular complexity index is 718. The fraction of sp³-hybridized carbons (Fsp3) is 0.389. The van der Waals surface area contributed by atoms with E-state index in [0.29, 0.717) is 11.6 Å². The first-order valence-electron chi connectivity index (χ1n) is 8.29. The van der Waals surface area contributed by atoms with Gasteiger partial charge in [0.1, 0.15) is 0 Å². The Morgan fingerprint density at radius 3 is 2.58 bits per heavy atom. The van der Waals surface area contributed by atoms with Gasteiger partial charge in [-0.05, 0) is 12.8 Å². The van der Waals surface area contributed by atoms with Crippen molar-refractivity contribution in [3.63, 3.8) is 0 Å². The van der Waals surface area contributed by atoms with E-state index in [1.165, 1.54) is 12.8 Å². The highest BCUT2D eigenvalue weighted by molar-refractivity contribution is 6.00. The van der Waals surface area contributed by atoms with Gasteiger partial charge in [-0.3, -0.25) is 14.3 Å². The van der Waals surface area contributed by atoms with Gasteiger partial charge >= 0.3 is 5.97 Å². The summed E-state index contributed by atoms with van der Waals surface area (Å²) in [6.45, 7) is 0.108. The third kappa shape index (κ3) is 3.48. The fourth-order valence-electron chi connectivity index (χ4n) is 3.22. The third-order valence-corrected chi connectivity index (χ3v) is 4.38. The van der Waals surface area contributed by atoms with Crippen molar-refractivity contribution in [3.05, 3.63) is 42.1 Å². The van der Waals surface area contributed by atoms with Crippen LogP contribution in [-0.2, 0) is 4.79 Å². The van der Waals surface area contributed by atoms with Crippen molar-refractivity contribution in [2.24, 2.45) is 0 Å². The summed E-state index contributed by atoms with van der Waals surface area (Å²) in [6.07, 6.45) is 6.00. The summed E-state index contributed by atoms with van der Waals surface area (Å²) in [5.41, 5.74) is 2.26. The highest BCUT2D eigenvalue weighted by atomic mass is 16.4. The highest BCUT2D eigenvalue weighted by Gasteiger charge is 2.25. The molecule has 126 valence electrons. The lowest BCUT2D eigenvalue weighted by Gasteiger charge is -2.15. The molecule has 1 aliphatic rings. The number of benzene rings is 1. The van der Waals surface area contributed by atoms with Crippen molar-refractivity contribution in [1.29, 1.82) is 0 Å². The van der Waals surface area contributed by atoms with Crippen molar-refractivity contribution in [2.45, 2.75) is 38.1 Å². The summed E-state index contributed by atoms with van der Waals surface area (Å²) in [5.74, 6) is -1.21. The molecule has 3 rings (SSSR count). The Morgan fingerprint density at radius 2 is 1.92 bits per heavy atom. The molecule has 0 radical (unpaired) electrons. The summed E-state index contributed by atoms with van der Waals surface area (Å²) in [5, 5.41) is 15.9. The molecule has 0 spiro atoms. The summed E-state index contributed by atoms with van der Waals surface area (Å²) < 4.78 is 1.97. The normalized spacial score (nSPS) is 14.7. The van der Waals surface area contributed by atoms with Gasteiger partial charge in [-0.2, -0.15) is 5.10 Å². The van der Waals surface area contributed by atoms with Gasteiger partial charge in [-0.25, -0.2) is 0 Å². The van der Waals surface area contributed by atoms with Gasteiger partial charge in [0.05, 0.1) is 29.9 Å². The number of aliphatic carboxylic acids is 1.